The molecule has 5 fully saturated rings. The minimum Gasteiger partial charge on any atom is -0.378 e. The number of anilines is 4. The zero-order valence-electron chi connectivity index (χ0n) is 73.3. The van der Waals surface area contributed by atoms with E-state index in [-0.39, 0.29) is 59.2 Å². The van der Waals surface area contributed by atoms with Crippen molar-refractivity contribution in [2.24, 2.45) is 0 Å². The number of rotatable bonds is 26. The molecule has 4 saturated heterocycles. The lowest BCUT2D eigenvalue weighted by atomic mass is 9.86. The van der Waals surface area contributed by atoms with Gasteiger partial charge in [-0.3, -0.25) is 29.3 Å². The lowest BCUT2D eigenvalue weighted by Gasteiger charge is -2.43. The van der Waals surface area contributed by atoms with Crippen LogP contribution in [-0.4, -0.2) is 224 Å². The highest BCUT2D eigenvalue weighted by molar-refractivity contribution is 5.90. The Kier molecular flexibility index (Phi) is 35.9. The van der Waals surface area contributed by atoms with Crippen LogP contribution in [0.25, 0.3) is 0 Å². The van der Waals surface area contributed by atoms with E-state index in [0.717, 1.165) is 147 Å². The van der Waals surface area contributed by atoms with E-state index in [0.29, 0.717) is 37.4 Å². The van der Waals surface area contributed by atoms with Gasteiger partial charge in [0.15, 0.2) is 0 Å². The topological polar surface area (TPSA) is 153 Å². The number of alkyl halides is 3. The Balaban J connectivity index is 0.000000160. The molecule has 18 nitrogen and oxygen atoms in total. The summed E-state index contributed by atoms with van der Waals surface area (Å²) in [5.74, 6) is -0.568. The number of urea groups is 2. The number of hydrogen-bond acceptors (Lipinski definition) is 13. The fourth-order valence-electron chi connectivity index (χ4n) is 16.7. The number of nitrogens with zero attached hydrogens (tertiary/aromatic N) is 9. The Morgan fingerprint density at radius 1 is 0.423 bits per heavy atom. The highest BCUT2D eigenvalue weighted by Gasteiger charge is 2.34. The largest absolute Gasteiger partial charge is 0.416 e. The van der Waals surface area contributed by atoms with Gasteiger partial charge in [0.1, 0.15) is 11.6 Å². The first-order valence-electron chi connectivity index (χ1n) is 44.0. The fraction of sp³-hybridized carbons (Fsp3) is 0.430. The molecule has 0 radical (unpaired) electrons. The summed E-state index contributed by atoms with van der Waals surface area (Å²) in [5.41, 5.74) is 12.5. The second-order valence-electron chi connectivity index (χ2n) is 34.4. The normalized spacial score (nSPS) is 17.2. The number of aryl methyl sites for hydroxylation is 1. The third-order valence-corrected chi connectivity index (χ3v) is 24.3. The lowest BCUT2D eigenvalue weighted by Crippen LogP contribution is -2.53. The lowest BCUT2D eigenvalue weighted by molar-refractivity contribution is -0.137. The summed E-state index contributed by atoms with van der Waals surface area (Å²) < 4.78 is 64.9. The standard InChI is InChI=1S/C29H41FN4O.C27H31N3O.C22H28F3N3.C22H30FN5O/c1-29(2,3)23-11-9-22(10-12-23)27(21-31-28(35)32-25-15-13-24(30)14-16-25)34-19-17-33(18-20-34)26-7-5-4-6-8-26;1-22-12-14-23(15-13-22)20-27(31)28-21-26(24-8-4-2-5-9-24)30-18-16-29(17-19-30)25-10-6-3-7-11-25;1-27-13-15-28(16-14-27)21(17-26-12-11-18-5-3-2-4-6-18)19-7-9-20(10-8-19)22(23,24)25;1-26(2)20-10-4-17(5-11-20)21(28-14-12-27(3)13-15-28)16-24-22(29)25-19-8-6-18(23)7-9-19/h9-16,26-27H,4-8,17-21H2,1-3H3,(H2,31,32,35);2-15,26H,16-21H2,1H3,(H,28,31);2-10,21,26H,11-17H2,1H3;4-11,21H,12-16H2,1-3H3,(H2,24,25,29). The molecular formula is C100H130F5N15O3. The van der Waals surface area contributed by atoms with Crippen molar-refractivity contribution in [3.05, 3.63) is 298 Å². The number of benzene rings is 9. The number of carbonyl (C=O) groups excluding carboxylic acids is 3. The number of amides is 5. The van der Waals surface area contributed by atoms with Crippen molar-refractivity contribution in [2.45, 2.75) is 114 Å². The van der Waals surface area contributed by atoms with Crippen LogP contribution in [0.15, 0.2) is 237 Å². The average Bonchev–Trinajstić information content (AvgIpc) is 0.809. The quantitative estimate of drug-likeness (QED) is 0.0226. The van der Waals surface area contributed by atoms with Gasteiger partial charge in [-0.05, 0) is 176 Å². The van der Waals surface area contributed by atoms with E-state index in [9.17, 15) is 36.3 Å². The van der Waals surface area contributed by atoms with Crippen molar-refractivity contribution in [3.63, 3.8) is 0 Å². The fourth-order valence-corrected chi connectivity index (χ4v) is 16.7. The zero-order chi connectivity index (χ0) is 87.1. The molecule has 9 aromatic rings. The molecule has 1 saturated carbocycles. The van der Waals surface area contributed by atoms with Gasteiger partial charge in [-0.15, -0.1) is 0 Å². The Labute approximate surface area is 727 Å². The summed E-state index contributed by atoms with van der Waals surface area (Å²) in [5, 5.41) is 18.3. The van der Waals surface area contributed by atoms with Gasteiger partial charge in [0.05, 0.1) is 30.1 Å². The molecule has 5 aliphatic rings. The van der Waals surface area contributed by atoms with E-state index in [2.05, 4.69) is 245 Å². The van der Waals surface area contributed by atoms with Crippen LogP contribution in [0.1, 0.15) is 127 Å². The van der Waals surface area contributed by atoms with Crippen LogP contribution in [0.2, 0.25) is 0 Å². The summed E-state index contributed by atoms with van der Waals surface area (Å²) in [6.07, 6.45) is 3.84. The number of halogens is 5. The molecule has 23 heteroatoms. The Morgan fingerprint density at radius 3 is 1.27 bits per heavy atom. The minimum absolute atomic E-state index is 0.0757. The highest BCUT2D eigenvalue weighted by Crippen LogP contribution is 2.34. The van der Waals surface area contributed by atoms with Crippen molar-refractivity contribution in [3.8, 4) is 0 Å². The maximum absolute atomic E-state index is 13.2. The molecule has 658 valence electrons. The second-order valence-corrected chi connectivity index (χ2v) is 34.4. The number of carbonyl (C=O) groups is 3. The molecule has 0 bridgehead atoms. The van der Waals surface area contributed by atoms with E-state index in [1.807, 2.05) is 50.5 Å². The molecule has 9 aromatic carbocycles. The van der Waals surface area contributed by atoms with Crippen LogP contribution >= 0.6 is 0 Å². The summed E-state index contributed by atoms with van der Waals surface area (Å²) in [6, 6.07) is 74.9. The van der Waals surface area contributed by atoms with Crippen molar-refractivity contribution < 1.29 is 36.3 Å². The zero-order valence-corrected chi connectivity index (χ0v) is 73.3. The van der Waals surface area contributed by atoms with Gasteiger partial charge in [-0.2, -0.15) is 13.2 Å². The first-order valence-corrected chi connectivity index (χ1v) is 44.0. The number of likely N-dealkylation sites (N-methyl/N-ethyl adjacent to an activating group) is 2. The van der Waals surface area contributed by atoms with Gasteiger partial charge in [0, 0.05) is 180 Å². The third-order valence-electron chi connectivity index (χ3n) is 24.3. The van der Waals surface area contributed by atoms with Crippen LogP contribution in [0, 0.1) is 18.6 Å². The van der Waals surface area contributed by atoms with E-state index < -0.39 is 11.7 Å². The number of para-hydroxylation sites is 1. The van der Waals surface area contributed by atoms with Gasteiger partial charge >= 0.3 is 18.2 Å². The first kappa shape index (κ1) is 93.6. The first-order chi connectivity index (χ1) is 59.3. The summed E-state index contributed by atoms with van der Waals surface area (Å²) in [7, 11) is 8.28. The average molecular weight is 1690 g/mol. The van der Waals surface area contributed by atoms with Crippen molar-refractivity contribution in [1.82, 2.24) is 55.6 Å². The third kappa shape index (κ3) is 30.1. The maximum atomic E-state index is 13.2. The molecule has 14 rings (SSSR count). The van der Waals surface area contributed by atoms with E-state index in [1.54, 1.807) is 36.4 Å². The molecule has 1 aliphatic carbocycles. The van der Waals surface area contributed by atoms with Crippen molar-refractivity contribution in [1.29, 1.82) is 0 Å². The van der Waals surface area contributed by atoms with Crippen LogP contribution in [0.4, 0.5) is 54.3 Å². The van der Waals surface area contributed by atoms with Gasteiger partial charge in [-0.1, -0.05) is 197 Å². The highest BCUT2D eigenvalue weighted by atomic mass is 19.4. The molecule has 5 amide bonds. The summed E-state index contributed by atoms with van der Waals surface area (Å²) in [6.45, 7) is 27.8. The number of nitrogens with one attached hydrogen (secondary N) is 6. The summed E-state index contributed by atoms with van der Waals surface area (Å²) in [4.78, 5) is 59.2. The van der Waals surface area contributed by atoms with Crippen LogP contribution in [-0.2, 0) is 29.2 Å². The minimum atomic E-state index is -4.30. The molecular weight excluding hydrogens is 1550 g/mol. The second kappa shape index (κ2) is 47.1. The Bertz CT molecular complexity index is 4550. The van der Waals surface area contributed by atoms with E-state index >= 15 is 0 Å². The molecule has 6 N–H and O–H groups in total. The molecule has 4 atom stereocenters. The number of hydrogen-bond donors (Lipinski definition) is 6. The van der Waals surface area contributed by atoms with Crippen LogP contribution < -0.4 is 41.7 Å². The number of piperazine rings is 4. The molecule has 0 aromatic heterocycles. The SMILES string of the molecule is CC(C)(C)c1ccc(C(CNC(=O)Nc2ccc(F)cc2)N2CCN(C3CCCCC3)CC2)cc1.CN1CCN(C(CNC(=O)Nc2ccc(F)cc2)c2ccc(N(C)C)cc2)CC1.CN1CCN(C(CNCCc2ccccc2)c2ccc(C(F)(F)F)cc2)CC1.Cc1ccc(CC(=O)NCC(c2ccccc2)N2CCN(c3ccccc3)CC2)cc1. The van der Waals surface area contributed by atoms with Crippen LogP contribution in [0.5, 0.6) is 0 Å². The van der Waals surface area contributed by atoms with Gasteiger partial charge in [0.25, 0.3) is 0 Å². The Morgan fingerprint density at radius 2 is 0.821 bits per heavy atom. The van der Waals surface area contributed by atoms with E-state index in [1.165, 1.54) is 108 Å². The van der Waals surface area contributed by atoms with Gasteiger partial charge in [-0.25, -0.2) is 18.4 Å². The van der Waals surface area contributed by atoms with Crippen molar-refractivity contribution in [2.75, 3.05) is 186 Å². The molecule has 0 spiro atoms. The maximum Gasteiger partial charge on any atom is 0.416 e. The predicted molar refractivity (Wildman–Crippen MR) is 491 cm³/mol. The summed E-state index contributed by atoms with van der Waals surface area (Å²) >= 11 is 0. The van der Waals surface area contributed by atoms with Gasteiger partial charge < -0.3 is 51.5 Å². The smallest absolute Gasteiger partial charge is 0.378 e. The Hall–Kier alpha value is -10.1. The molecule has 4 unspecified atom stereocenters. The van der Waals surface area contributed by atoms with Crippen molar-refractivity contribution >= 4 is 40.7 Å². The predicted octanol–water partition coefficient (Wildman–Crippen LogP) is 17.0. The van der Waals surface area contributed by atoms with E-state index in [4.69, 9.17) is 0 Å². The van der Waals surface area contributed by atoms with Gasteiger partial charge in [0.2, 0.25) is 5.91 Å². The monoisotopic (exact) mass is 1680 g/mol. The van der Waals surface area contributed by atoms with Crippen LogP contribution in [0.3, 0.4) is 0 Å². The molecule has 4 heterocycles. The molecule has 4 aliphatic heterocycles. The molecule has 123 heavy (non-hydrogen) atoms.